The molecule has 1 aromatic heterocycles. The highest BCUT2D eigenvalue weighted by Gasteiger charge is 2.27. The maximum absolute atomic E-state index is 14.0. The predicted octanol–water partition coefficient (Wildman–Crippen LogP) is 2.37. The van der Waals surface area contributed by atoms with E-state index < -0.39 is 23.2 Å². The molecule has 0 fully saturated rings. The van der Waals surface area contributed by atoms with Gasteiger partial charge in [0.05, 0.1) is 0 Å². The topological polar surface area (TPSA) is 116 Å². The fourth-order valence-corrected chi connectivity index (χ4v) is 4.19. The van der Waals surface area contributed by atoms with Gasteiger partial charge >= 0.3 is 0 Å². The third-order valence-electron chi connectivity index (χ3n) is 5.42. The van der Waals surface area contributed by atoms with Crippen LogP contribution in [0.15, 0.2) is 18.3 Å². The number of hydrogen-bond donors (Lipinski definition) is 4. The van der Waals surface area contributed by atoms with Gasteiger partial charge in [0.1, 0.15) is 17.3 Å². The Bertz CT molecular complexity index is 937. The zero-order valence-corrected chi connectivity index (χ0v) is 16.3. The van der Waals surface area contributed by atoms with Crippen LogP contribution < -0.4 is 17.2 Å². The number of nitrogens with zero attached hydrogens (tertiary/aromatic N) is 1. The Balaban J connectivity index is 1.70. The molecule has 1 atom stereocenters. The average Bonchev–Trinajstić information content (AvgIpc) is 2.98. The largest absolute Gasteiger partial charge is 0.367 e. The van der Waals surface area contributed by atoms with Crippen molar-refractivity contribution < 1.29 is 13.6 Å². The summed E-state index contributed by atoms with van der Waals surface area (Å²) in [5.74, 6) is -1.76. The minimum Gasteiger partial charge on any atom is -0.367 e. The molecule has 152 valence electrons. The van der Waals surface area contributed by atoms with E-state index in [-0.39, 0.29) is 6.04 Å². The summed E-state index contributed by atoms with van der Waals surface area (Å²) >= 11 is 5.43. The van der Waals surface area contributed by atoms with Crippen molar-refractivity contribution in [3.05, 3.63) is 51.6 Å². The molecule has 3 rings (SSSR count). The number of rotatable bonds is 7. The van der Waals surface area contributed by atoms with Crippen molar-refractivity contribution in [2.45, 2.75) is 56.7 Å². The van der Waals surface area contributed by atoms with E-state index in [0.717, 1.165) is 24.6 Å². The number of fused-ring (bicyclic) bond motifs is 1. The molecule has 1 aliphatic rings. The second-order valence-electron chi connectivity index (χ2n) is 7.49. The highest BCUT2D eigenvalue weighted by atomic mass is 32.1. The molecule has 0 aliphatic heterocycles. The lowest BCUT2D eigenvalue weighted by molar-refractivity contribution is -0.123. The molecular weight excluding hydrogens is 384 g/mol. The van der Waals surface area contributed by atoms with Gasteiger partial charge in [-0.2, -0.15) is 0 Å². The van der Waals surface area contributed by atoms with Crippen LogP contribution in [0.1, 0.15) is 48.5 Å². The Kier molecular flexibility index (Phi) is 5.97. The molecule has 0 saturated heterocycles. The molecule has 28 heavy (non-hydrogen) atoms. The van der Waals surface area contributed by atoms with Gasteiger partial charge < -0.3 is 26.8 Å². The van der Waals surface area contributed by atoms with Gasteiger partial charge in [0.2, 0.25) is 0 Å². The van der Waals surface area contributed by atoms with Crippen molar-refractivity contribution in [2.24, 2.45) is 17.2 Å². The van der Waals surface area contributed by atoms with Gasteiger partial charge in [-0.25, -0.2) is 8.78 Å². The highest BCUT2D eigenvalue weighted by Crippen LogP contribution is 2.32. The molecule has 0 bridgehead atoms. The molecule has 1 unspecified atom stereocenters. The summed E-state index contributed by atoms with van der Waals surface area (Å²) in [6, 6.07) is 2.39. The molecule has 1 amide bonds. The Morgan fingerprint density at radius 2 is 2.07 bits per heavy atom. The lowest BCUT2D eigenvalue weighted by Crippen LogP contribution is -2.59. The monoisotopic (exact) mass is 409 g/mol. The van der Waals surface area contributed by atoms with Crippen LogP contribution >= 0.6 is 12.2 Å². The minimum absolute atomic E-state index is 0.0381. The van der Waals surface area contributed by atoms with Crippen LogP contribution in [-0.4, -0.2) is 21.1 Å². The normalized spacial score (nSPS) is 16.8. The molecule has 1 aliphatic carbocycles. The summed E-state index contributed by atoms with van der Waals surface area (Å²) in [7, 11) is 0. The summed E-state index contributed by atoms with van der Waals surface area (Å²) < 4.78 is 30.2. The first-order chi connectivity index (χ1) is 13.2. The summed E-state index contributed by atoms with van der Waals surface area (Å²) in [5.41, 5.74) is 17.3. The van der Waals surface area contributed by atoms with Crippen molar-refractivity contribution >= 4 is 18.1 Å². The van der Waals surface area contributed by atoms with E-state index in [2.05, 4.69) is 4.98 Å². The van der Waals surface area contributed by atoms with E-state index in [9.17, 15) is 13.6 Å². The van der Waals surface area contributed by atoms with Crippen molar-refractivity contribution in [2.75, 3.05) is 0 Å². The maximum Gasteiger partial charge on any atom is 0.252 e. The van der Waals surface area contributed by atoms with E-state index >= 15 is 0 Å². The Morgan fingerprint density at radius 3 is 2.79 bits per heavy atom. The van der Waals surface area contributed by atoms with E-state index in [1.54, 1.807) is 0 Å². The minimum atomic E-state index is -1.50. The van der Waals surface area contributed by atoms with E-state index in [1.807, 2.05) is 10.8 Å². The number of unbranched alkanes of at least 4 members (excludes halogenated alkanes) is 1. The average molecular weight is 410 g/mol. The number of imidazole rings is 1. The van der Waals surface area contributed by atoms with E-state index in [1.165, 1.54) is 6.07 Å². The number of carbonyl (C=O) groups is 1. The number of aromatic nitrogens is 2. The van der Waals surface area contributed by atoms with Crippen molar-refractivity contribution in [3.63, 3.8) is 0 Å². The van der Waals surface area contributed by atoms with Crippen LogP contribution in [0.3, 0.4) is 0 Å². The number of primary amides is 1. The second-order valence-corrected chi connectivity index (χ2v) is 7.88. The highest BCUT2D eigenvalue weighted by molar-refractivity contribution is 7.71. The number of nitrogens with one attached hydrogen (secondary N) is 1. The fraction of sp³-hybridized carbons (Fsp3) is 0.474. The first-order valence-electron chi connectivity index (χ1n) is 9.32. The molecule has 1 aromatic carbocycles. The number of amides is 1. The third kappa shape index (κ3) is 4.31. The molecule has 9 heteroatoms. The number of carbonyl (C=O) groups excluding carboxylic acids is 1. The molecule has 0 spiro atoms. The Labute approximate surface area is 167 Å². The van der Waals surface area contributed by atoms with Gasteiger partial charge in [0.25, 0.3) is 5.91 Å². The third-order valence-corrected chi connectivity index (χ3v) is 5.74. The molecule has 2 aromatic rings. The van der Waals surface area contributed by atoms with Gasteiger partial charge in [-0.15, -0.1) is 0 Å². The SMILES string of the molecule is NC(=O)C(N)(N)CCCCc1c[nH]c(=S)n1C1CCc2c(F)cc(F)cc2C1. The zero-order chi connectivity index (χ0) is 20.5. The Morgan fingerprint density at radius 1 is 1.32 bits per heavy atom. The molecule has 0 radical (unpaired) electrons. The number of halogens is 2. The van der Waals surface area contributed by atoms with Crippen LogP contribution in [0.2, 0.25) is 0 Å². The predicted molar refractivity (Wildman–Crippen MR) is 105 cm³/mol. The number of aryl methyl sites for hydroxylation is 1. The molecular formula is C19H25F2N5OS. The quantitative estimate of drug-likeness (QED) is 0.319. The van der Waals surface area contributed by atoms with Crippen molar-refractivity contribution in [1.29, 1.82) is 0 Å². The molecule has 0 saturated carbocycles. The second kappa shape index (κ2) is 8.10. The van der Waals surface area contributed by atoms with Crippen molar-refractivity contribution in [3.8, 4) is 0 Å². The van der Waals surface area contributed by atoms with Crippen molar-refractivity contribution in [1.82, 2.24) is 9.55 Å². The Hall–Kier alpha value is -2.10. The van der Waals surface area contributed by atoms with Crippen LogP contribution in [0.4, 0.5) is 8.78 Å². The number of nitrogens with two attached hydrogens (primary N) is 3. The smallest absolute Gasteiger partial charge is 0.252 e. The van der Waals surface area contributed by atoms with Crippen LogP contribution in [-0.2, 0) is 24.1 Å². The first kappa shape index (κ1) is 20.6. The number of benzene rings is 1. The van der Waals surface area contributed by atoms with Gasteiger partial charge in [-0.05, 0) is 74.4 Å². The zero-order valence-electron chi connectivity index (χ0n) is 15.5. The first-order valence-corrected chi connectivity index (χ1v) is 9.73. The fourth-order valence-electron chi connectivity index (χ4n) is 3.86. The lowest BCUT2D eigenvalue weighted by Gasteiger charge is -2.27. The molecule has 1 heterocycles. The summed E-state index contributed by atoms with van der Waals surface area (Å²) in [6.45, 7) is 0. The summed E-state index contributed by atoms with van der Waals surface area (Å²) in [5, 5.41) is 0. The number of hydrogen-bond acceptors (Lipinski definition) is 4. The molecule has 7 N–H and O–H groups in total. The summed E-state index contributed by atoms with van der Waals surface area (Å²) in [6.07, 6.45) is 6.05. The summed E-state index contributed by atoms with van der Waals surface area (Å²) in [4.78, 5) is 14.3. The van der Waals surface area contributed by atoms with E-state index in [4.69, 9.17) is 29.4 Å². The number of aromatic amines is 1. The number of H-pyrrole nitrogens is 1. The van der Waals surface area contributed by atoms with Gasteiger partial charge in [0.15, 0.2) is 4.77 Å². The van der Waals surface area contributed by atoms with Crippen LogP contribution in [0.25, 0.3) is 0 Å². The van der Waals surface area contributed by atoms with Gasteiger partial charge in [-0.3, -0.25) is 4.79 Å². The van der Waals surface area contributed by atoms with E-state index in [0.29, 0.717) is 48.0 Å². The van der Waals surface area contributed by atoms with Crippen LogP contribution in [0.5, 0.6) is 0 Å². The van der Waals surface area contributed by atoms with Gasteiger partial charge in [-0.1, -0.05) is 0 Å². The molecule has 6 nitrogen and oxygen atoms in total. The standard InChI is InChI=1S/C19H25F2N5OS/c20-12-7-11-8-13(4-5-15(11)16(21)9-12)26-14(10-25-18(26)28)3-1-2-6-19(23,24)17(22)27/h7,9-10,13H,1-6,8,23-24H2,(H2,22,27)(H,25,28). The van der Waals surface area contributed by atoms with Crippen LogP contribution in [0, 0.1) is 16.4 Å². The lowest BCUT2D eigenvalue weighted by atomic mass is 9.87. The maximum atomic E-state index is 14.0. The van der Waals surface area contributed by atoms with Gasteiger partial charge in [0, 0.05) is 24.0 Å².